The van der Waals surface area contributed by atoms with Crippen LogP contribution < -0.4 is 10.1 Å². The van der Waals surface area contributed by atoms with E-state index in [-0.39, 0.29) is 10.8 Å². The number of nitrogens with zero attached hydrogens (tertiary/aromatic N) is 1. The van der Waals surface area contributed by atoms with Crippen LogP contribution in [0.15, 0.2) is 65.1 Å². The van der Waals surface area contributed by atoms with Gasteiger partial charge < -0.3 is 14.5 Å². The van der Waals surface area contributed by atoms with Crippen LogP contribution in [0, 0.1) is 0 Å². The Morgan fingerprint density at radius 3 is 2.74 bits per heavy atom. The summed E-state index contributed by atoms with van der Waals surface area (Å²) in [6.45, 7) is 0. The first-order valence-electron chi connectivity index (χ1n) is 9.26. The lowest BCUT2D eigenvalue weighted by Gasteiger charge is -2.11. The number of hydrogen-bond donors (Lipinski definition) is 1. The first-order chi connectivity index (χ1) is 15.0. The number of thiazole rings is 1. The minimum Gasteiger partial charge on any atom is -0.495 e. The average molecular weight is 469 g/mol. The molecule has 31 heavy (non-hydrogen) atoms. The summed E-state index contributed by atoms with van der Waals surface area (Å²) in [5.41, 5.74) is 2.72. The quantitative estimate of drug-likeness (QED) is 0.301. The van der Waals surface area contributed by atoms with Crippen molar-refractivity contribution in [1.82, 2.24) is 4.98 Å². The molecular formula is C23H14Cl2N2O3S. The third-order valence-corrected chi connectivity index (χ3v) is 6.48. The highest BCUT2D eigenvalue weighted by molar-refractivity contribution is 7.21. The van der Waals surface area contributed by atoms with Crippen LogP contribution in [0.2, 0.25) is 10.0 Å². The Morgan fingerprint density at radius 1 is 1.10 bits per heavy atom. The Morgan fingerprint density at radius 2 is 1.94 bits per heavy atom. The van der Waals surface area contributed by atoms with Crippen LogP contribution in [0.25, 0.3) is 31.8 Å². The van der Waals surface area contributed by atoms with Gasteiger partial charge in [0.15, 0.2) is 0 Å². The number of carbonyl (C=O) groups excluding carboxylic acids is 1. The number of hydrogen-bond acceptors (Lipinski definition) is 5. The lowest BCUT2D eigenvalue weighted by atomic mass is 10.2. The van der Waals surface area contributed by atoms with Crippen LogP contribution >= 0.6 is 34.5 Å². The van der Waals surface area contributed by atoms with E-state index < -0.39 is 5.91 Å². The monoisotopic (exact) mass is 468 g/mol. The molecule has 0 radical (unpaired) electrons. The number of nitrogens with one attached hydrogen (secondary N) is 1. The third kappa shape index (κ3) is 3.63. The Kier molecular flexibility index (Phi) is 5.06. The summed E-state index contributed by atoms with van der Waals surface area (Å²) in [7, 11) is 1.54. The molecule has 3 aromatic carbocycles. The molecule has 0 bridgehead atoms. The molecule has 1 amide bonds. The second-order valence-electron chi connectivity index (χ2n) is 6.74. The molecule has 0 spiro atoms. The van der Waals surface area contributed by atoms with Crippen LogP contribution in [-0.2, 0) is 0 Å². The molecule has 2 aromatic heterocycles. The molecule has 0 aliphatic rings. The fourth-order valence-corrected chi connectivity index (χ4v) is 4.70. The molecule has 154 valence electrons. The van der Waals surface area contributed by atoms with E-state index in [0.29, 0.717) is 27.4 Å². The lowest BCUT2D eigenvalue weighted by Crippen LogP contribution is -2.12. The number of para-hydroxylation sites is 1. The number of ether oxygens (including phenoxy) is 1. The standard InChI is InChI=1S/C23H14Cl2N2O3S/c1-29-17-9-6-12(23-27-15-4-2-3-5-19(15)31-23)10-16(17)26-22(28)21-20(25)14-8-7-13(24)11-18(14)30-21/h2-11H,1H3,(H,26,28). The zero-order chi connectivity index (χ0) is 21.5. The predicted octanol–water partition coefficient (Wildman–Crippen LogP) is 7.28. The van der Waals surface area contributed by atoms with Crippen molar-refractivity contribution >= 4 is 67.3 Å². The molecule has 2 heterocycles. The van der Waals surface area contributed by atoms with Crippen LogP contribution in [0.1, 0.15) is 10.6 Å². The van der Waals surface area contributed by atoms with E-state index in [1.807, 2.05) is 36.4 Å². The summed E-state index contributed by atoms with van der Waals surface area (Å²) in [6, 6.07) is 18.5. The van der Waals surface area contributed by atoms with Crippen molar-refractivity contribution in [3.05, 3.63) is 76.5 Å². The first-order valence-corrected chi connectivity index (χ1v) is 10.8. The van der Waals surface area contributed by atoms with Gasteiger partial charge in [-0.25, -0.2) is 4.98 Å². The molecule has 0 saturated heterocycles. The summed E-state index contributed by atoms with van der Waals surface area (Å²) in [5.74, 6) is 0.0249. The smallest absolute Gasteiger partial charge is 0.293 e. The minimum absolute atomic E-state index is 0.00590. The van der Waals surface area contributed by atoms with E-state index in [4.69, 9.17) is 32.4 Å². The van der Waals surface area contributed by atoms with E-state index in [1.165, 1.54) is 0 Å². The topological polar surface area (TPSA) is 64.4 Å². The molecule has 0 aliphatic heterocycles. The highest BCUT2D eigenvalue weighted by Crippen LogP contribution is 2.36. The number of carbonyl (C=O) groups is 1. The predicted molar refractivity (Wildman–Crippen MR) is 126 cm³/mol. The number of halogens is 2. The number of fused-ring (bicyclic) bond motifs is 2. The van der Waals surface area contributed by atoms with Crippen molar-refractivity contribution in [2.75, 3.05) is 12.4 Å². The summed E-state index contributed by atoms with van der Waals surface area (Å²) < 4.78 is 12.2. The zero-order valence-electron chi connectivity index (χ0n) is 16.1. The first kappa shape index (κ1) is 19.9. The zero-order valence-corrected chi connectivity index (χ0v) is 18.4. The summed E-state index contributed by atoms with van der Waals surface area (Å²) in [4.78, 5) is 17.6. The van der Waals surface area contributed by atoms with Gasteiger partial charge in [-0.3, -0.25) is 4.79 Å². The van der Waals surface area contributed by atoms with Gasteiger partial charge in [-0.05, 0) is 42.5 Å². The van der Waals surface area contributed by atoms with E-state index in [1.54, 1.807) is 42.7 Å². The van der Waals surface area contributed by atoms with E-state index >= 15 is 0 Å². The van der Waals surface area contributed by atoms with Gasteiger partial charge in [-0.2, -0.15) is 0 Å². The highest BCUT2D eigenvalue weighted by Gasteiger charge is 2.21. The molecule has 1 N–H and O–H groups in total. The van der Waals surface area contributed by atoms with Crippen LogP contribution in [0.5, 0.6) is 5.75 Å². The van der Waals surface area contributed by atoms with Crippen LogP contribution in [0.3, 0.4) is 0 Å². The number of aromatic nitrogens is 1. The SMILES string of the molecule is COc1ccc(-c2nc3ccccc3s2)cc1NC(=O)c1oc2cc(Cl)ccc2c1Cl. The number of benzene rings is 3. The summed E-state index contributed by atoms with van der Waals surface area (Å²) >= 11 is 14.0. The normalized spacial score (nSPS) is 11.2. The van der Waals surface area contributed by atoms with Crippen molar-refractivity contribution in [2.24, 2.45) is 0 Å². The lowest BCUT2D eigenvalue weighted by molar-refractivity contribution is 0.0998. The highest BCUT2D eigenvalue weighted by atomic mass is 35.5. The van der Waals surface area contributed by atoms with Gasteiger partial charge in [0.2, 0.25) is 5.76 Å². The number of furan rings is 1. The number of methoxy groups -OCH3 is 1. The molecule has 0 atom stereocenters. The number of rotatable bonds is 4. The van der Waals surface area contributed by atoms with Gasteiger partial charge in [-0.1, -0.05) is 35.3 Å². The molecule has 5 aromatic rings. The molecule has 8 heteroatoms. The van der Waals surface area contributed by atoms with E-state index in [0.717, 1.165) is 20.8 Å². The average Bonchev–Trinajstić information content (AvgIpc) is 3.34. The molecule has 0 aliphatic carbocycles. The summed E-state index contributed by atoms with van der Waals surface area (Å²) in [6.07, 6.45) is 0. The van der Waals surface area contributed by atoms with Crippen LogP contribution in [-0.4, -0.2) is 18.0 Å². The Hall–Kier alpha value is -3.06. The van der Waals surface area contributed by atoms with E-state index in [9.17, 15) is 4.79 Å². The van der Waals surface area contributed by atoms with Crippen molar-refractivity contribution in [3.63, 3.8) is 0 Å². The third-order valence-electron chi connectivity index (χ3n) is 4.79. The number of anilines is 1. The largest absolute Gasteiger partial charge is 0.495 e. The Bertz CT molecular complexity index is 1430. The van der Waals surface area contributed by atoms with E-state index in [2.05, 4.69) is 10.3 Å². The Balaban J connectivity index is 1.51. The fraction of sp³-hybridized carbons (Fsp3) is 0.0435. The maximum Gasteiger partial charge on any atom is 0.293 e. The van der Waals surface area contributed by atoms with Crippen molar-refractivity contribution in [1.29, 1.82) is 0 Å². The fourth-order valence-electron chi connectivity index (χ4n) is 3.30. The minimum atomic E-state index is -0.489. The van der Waals surface area contributed by atoms with Crippen molar-refractivity contribution < 1.29 is 13.9 Å². The van der Waals surface area contributed by atoms with Crippen LogP contribution in [0.4, 0.5) is 5.69 Å². The molecule has 0 unspecified atom stereocenters. The van der Waals surface area contributed by atoms with Crippen molar-refractivity contribution in [3.8, 4) is 16.3 Å². The molecule has 0 fully saturated rings. The second-order valence-corrected chi connectivity index (χ2v) is 8.59. The molecule has 0 saturated carbocycles. The van der Waals surface area contributed by atoms with Gasteiger partial charge in [-0.15, -0.1) is 11.3 Å². The second kappa shape index (κ2) is 7.89. The molecule has 5 rings (SSSR count). The maximum atomic E-state index is 13.0. The maximum absolute atomic E-state index is 13.0. The molecular weight excluding hydrogens is 455 g/mol. The van der Waals surface area contributed by atoms with Gasteiger partial charge in [0.1, 0.15) is 16.3 Å². The molecule has 5 nitrogen and oxygen atoms in total. The van der Waals surface area contributed by atoms with Crippen molar-refractivity contribution in [2.45, 2.75) is 0 Å². The number of amides is 1. The van der Waals surface area contributed by atoms with Gasteiger partial charge in [0, 0.05) is 22.0 Å². The van der Waals surface area contributed by atoms with Gasteiger partial charge >= 0.3 is 0 Å². The summed E-state index contributed by atoms with van der Waals surface area (Å²) in [5, 5.41) is 5.02. The van der Waals surface area contributed by atoms with Gasteiger partial charge in [0.05, 0.1) is 28.0 Å². The van der Waals surface area contributed by atoms with Gasteiger partial charge in [0.25, 0.3) is 5.91 Å². The Labute approximate surface area is 191 Å².